The number of rotatable bonds is 2. The molecule has 0 fully saturated rings. The summed E-state index contributed by atoms with van der Waals surface area (Å²) in [5.41, 5.74) is 1.41. The normalized spacial score (nSPS) is 8.75. The van der Waals surface area contributed by atoms with Crippen LogP contribution in [-0.4, -0.2) is 14.2 Å². The summed E-state index contributed by atoms with van der Waals surface area (Å²) in [5.74, 6) is 0.700. The predicted molar refractivity (Wildman–Crippen MR) is 47.3 cm³/mol. The molecule has 62 valence electrons. The molecule has 0 aliphatic carbocycles. The van der Waals surface area contributed by atoms with Crippen LogP contribution in [0.3, 0.4) is 0 Å². The van der Waals surface area contributed by atoms with E-state index in [-0.39, 0.29) is 0 Å². The van der Waals surface area contributed by atoms with Crippen molar-refractivity contribution >= 4 is 5.69 Å². The number of nitrogens with zero attached hydrogens (tertiary/aromatic N) is 1. The molecular weight excluding hydrogens is 152 g/mol. The highest BCUT2D eigenvalue weighted by Crippen LogP contribution is 2.20. The molecule has 0 spiro atoms. The van der Waals surface area contributed by atoms with Gasteiger partial charge in [-0.2, -0.15) is 5.26 Å². The van der Waals surface area contributed by atoms with Crippen LogP contribution in [-0.2, 0) is 0 Å². The van der Waals surface area contributed by atoms with Gasteiger partial charge < -0.3 is 10.1 Å². The highest BCUT2D eigenvalue weighted by molar-refractivity contribution is 5.59. The highest BCUT2D eigenvalue weighted by Gasteiger charge is 2.00. The molecular formula is C9H10N2O. The van der Waals surface area contributed by atoms with E-state index in [2.05, 4.69) is 11.4 Å². The zero-order valence-electron chi connectivity index (χ0n) is 7.09. The number of hydrogen-bond acceptors (Lipinski definition) is 3. The molecule has 1 aromatic rings. The topological polar surface area (TPSA) is 45.0 Å². The molecule has 0 heterocycles. The van der Waals surface area contributed by atoms with Crippen LogP contribution in [0.4, 0.5) is 5.69 Å². The van der Waals surface area contributed by atoms with Gasteiger partial charge in [-0.1, -0.05) is 0 Å². The lowest BCUT2D eigenvalue weighted by Crippen LogP contribution is -1.92. The largest absolute Gasteiger partial charge is 0.497 e. The Balaban J connectivity index is 3.13. The molecule has 0 atom stereocenters. The maximum absolute atomic E-state index is 8.72. The fourth-order valence-electron chi connectivity index (χ4n) is 0.961. The van der Waals surface area contributed by atoms with E-state index in [4.69, 9.17) is 10.00 Å². The Labute approximate surface area is 71.6 Å². The number of nitrogens with one attached hydrogen (secondary N) is 1. The highest BCUT2D eigenvalue weighted by atomic mass is 16.5. The van der Waals surface area contributed by atoms with Crippen molar-refractivity contribution in [2.24, 2.45) is 0 Å². The lowest BCUT2D eigenvalue weighted by atomic mass is 10.2. The Hall–Kier alpha value is -1.69. The molecule has 0 saturated heterocycles. The molecule has 0 aliphatic rings. The van der Waals surface area contributed by atoms with Gasteiger partial charge in [-0.05, 0) is 18.2 Å². The summed E-state index contributed by atoms with van der Waals surface area (Å²) in [4.78, 5) is 0. The molecule has 0 radical (unpaired) electrons. The van der Waals surface area contributed by atoms with E-state index in [0.29, 0.717) is 11.3 Å². The van der Waals surface area contributed by atoms with Gasteiger partial charge in [0.2, 0.25) is 0 Å². The first-order chi connectivity index (χ1) is 5.81. The molecule has 12 heavy (non-hydrogen) atoms. The Bertz CT molecular complexity index is 315. The van der Waals surface area contributed by atoms with Crippen molar-refractivity contribution in [1.82, 2.24) is 0 Å². The summed E-state index contributed by atoms with van der Waals surface area (Å²) < 4.78 is 4.98. The van der Waals surface area contributed by atoms with E-state index in [9.17, 15) is 0 Å². The maximum Gasteiger partial charge on any atom is 0.120 e. The van der Waals surface area contributed by atoms with Gasteiger partial charge >= 0.3 is 0 Å². The Kier molecular flexibility index (Phi) is 2.54. The standard InChI is InChI=1S/C9H10N2O/c1-11-9-4-3-8(12-2)5-7(9)6-10/h3-5,11H,1-2H3. The van der Waals surface area contributed by atoms with Crippen molar-refractivity contribution in [3.8, 4) is 11.8 Å². The molecule has 1 rings (SSSR count). The second-order valence-corrected chi connectivity index (χ2v) is 2.27. The average Bonchev–Trinajstić information content (AvgIpc) is 2.16. The second kappa shape index (κ2) is 3.63. The fourth-order valence-corrected chi connectivity index (χ4v) is 0.961. The third-order valence-corrected chi connectivity index (χ3v) is 1.62. The average molecular weight is 162 g/mol. The molecule has 0 unspecified atom stereocenters. The van der Waals surface area contributed by atoms with E-state index < -0.39 is 0 Å². The third-order valence-electron chi connectivity index (χ3n) is 1.62. The van der Waals surface area contributed by atoms with Crippen molar-refractivity contribution in [1.29, 1.82) is 5.26 Å². The Morgan fingerprint density at radius 3 is 2.75 bits per heavy atom. The van der Waals surface area contributed by atoms with Crippen LogP contribution < -0.4 is 10.1 Å². The zero-order valence-corrected chi connectivity index (χ0v) is 7.09. The van der Waals surface area contributed by atoms with E-state index in [1.54, 1.807) is 20.2 Å². The van der Waals surface area contributed by atoms with Crippen LogP contribution in [0.2, 0.25) is 0 Å². The van der Waals surface area contributed by atoms with Crippen LogP contribution >= 0.6 is 0 Å². The minimum absolute atomic E-state index is 0.594. The summed E-state index contributed by atoms with van der Waals surface area (Å²) >= 11 is 0. The van der Waals surface area contributed by atoms with Gasteiger partial charge in [0.1, 0.15) is 11.8 Å². The van der Waals surface area contributed by atoms with E-state index >= 15 is 0 Å². The van der Waals surface area contributed by atoms with E-state index in [1.807, 2.05) is 12.1 Å². The smallest absolute Gasteiger partial charge is 0.120 e. The number of benzene rings is 1. The number of hydrogen-bond donors (Lipinski definition) is 1. The third kappa shape index (κ3) is 1.48. The molecule has 0 aromatic heterocycles. The summed E-state index contributed by atoms with van der Waals surface area (Å²) in [6, 6.07) is 7.41. The zero-order chi connectivity index (χ0) is 8.97. The molecule has 1 N–H and O–H groups in total. The summed E-state index contributed by atoms with van der Waals surface area (Å²) in [6.45, 7) is 0. The molecule has 3 heteroatoms. The van der Waals surface area contributed by atoms with Crippen molar-refractivity contribution in [3.05, 3.63) is 23.8 Å². The summed E-state index contributed by atoms with van der Waals surface area (Å²) in [6.07, 6.45) is 0. The number of nitriles is 1. The molecule has 0 aliphatic heterocycles. The second-order valence-electron chi connectivity index (χ2n) is 2.27. The van der Waals surface area contributed by atoms with Gasteiger partial charge in [-0.3, -0.25) is 0 Å². The first-order valence-electron chi connectivity index (χ1n) is 3.57. The first kappa shape index (κ1) is 8.41. The Morgan fingerprint density at radius 1 is 1.50 bits per heavy atom. The number of anilines is 1. The minimum atomic E-state index is 0.594. The van der Waals surface area contributed by atoms with Crippen molar-refractivity contribution < 1.29 is 4.74 Å². The van der Waals surface area contributed by atoms with Gasteiger partial charge in [-0.15, -0.1) is 0 Å². The van der Waals surface area contributed by atoms with Crippen molar-refractivity contribution in [2.75, 3.05) is 19.5 Å². The molecule has 3 nitrogen and oxygen atoms in total. The van der Waals surface area contributed by atoms with Crippen LogP contribution in [0.5, 0.6) is 5.75 Å². The monoisotopic (exact) mass is 162 g/mol. The first-order valence-corrected chi connectivity index (χ1v) is 3.57. The molecule has 0 saturated carbocycles. The number of ether oxygens (including phenoxy) is 1. The fraction of sp³-hybridized carbons (Fsp3) is 0.222. The predicted octanol–water partition coefficient (Wildman–Crippen LogP) is 1.61. The van der Waals surface area contributed by atoms with E-state index in [1.165, 1.54) is 0 Å². The molecule has 0 amide bonds. The van der Waals surface area contributed by atoms with Gasteiger partial charge in [0.15, 0.2) is 0 Å². The lowest BCUT2D eigenvalue weighted by molar-refractivity contribution is 0.414. The minimum Gasteiger partial charge on any atom is -0.497 e. The summed E-state index contributed by atoms with van der Waals surface area (Å²) in [7, 11) is 3.36. The maximum atomic E-state index is 8.72. The van der Waals surface area contributed by atoms with Gasteiger partial charge in [0, 0.05) is 7.05 Å². The van der Waals surface area contributed by atoms with Crippen molar-refractivity contribution in [2.45, 2.75) is 0 Å². The quantitative estimate of drug-likeness (QED) is 0.718. The van der Waals surface area contributed by atoms with Crippen LogP contribution in [0.15, 0.2) is 18.2 Å². The molecule has 0 bridgehead atoms. The van der Waals surface area contributed by atoms with Gasteiger partial charge in [-0.25, -0.2) is 0 Å². The van der Waals surface area contributed by atoms with Crippen molar-refractivity contribution in [3.63, 3.8) is 0 Å². The van der Waals surface area contributed by atoms with Gasteiger partial charge in [0.25, 0.3) is 0 Å². The Morgan fingerprint density at radius 2 is 2.25 bits per heavy atom. The summed E-state index contributed by atoms with van der Waals surface area (Å²) in [5, 5.41) is 11.6. The lowest BCUT2D eigenvalue weighted by Gasteiger charge is -2.04. The van der Waals surface area contributed by atoms with Crippen LogP contribution in [0, 0.1) is 11.3 Å². The molecule has 1 aromatic carbocycles. The van der Waals surface area contributed by atoms with E-state index in [0.717, 1.165) is 5.69 Å². The van der Waals surface area contributed by atoms with Crippen LogP contribution in [0.1, 0.15) is 5.56 Å². The van der Waals surface area contributed by atoms with Gasteiger partial charge in [0.05, 0.1) is 18.4 Å². The number of methoxy groups -OCH3 is 1. The van der Waals surface area contributed by atoms with Crippen LogP contribution in [0.25, 0.3) is 0 Å². The SMILES string of the molecule is CNc1ccc(OC)cc1C#N.